The first-order valence-corrected chi connectivity index (χ1v) is 9.90. The quantitative estimate of drug-likeness (QED) is 0.304. The number of esters is 1. The van der Waals surface area contributed by atoms with Crippen LogP contribution in [0.15, 0.2) is 27.8 Å². The van der Waals surface area contributed by atoms with E-state index in [-0.39, 0.29) is 12.0 Å². The molecule has 11 heteroatoms. The summed E-state index contributed by atoms with van der Waals surface area (Å²) in [4.78, 5) is 25.6. The van der Waals surface area contributed by atoms with Crippen LogP contribution < -0.4 is 10.6 Å². The monoisotopic (exact) mass is 417 g/mol. The SMILES string of the molecule is CCOC(=O)c1sc(C(C)NC(=NC)NCc2nc(-c3ccco3)n[nH]2)nc1C. The van der Waals surface area contributed by atoms with Crippen LogP contribution in [-0.2, 0) is 11.3 Å². The van der Waals surface area contributed by atoms with Gasteiger partial charge in [-0.05, 0) is 32.9 Å². The van der Waals surface area contributed by atoms with Crippen molar-refractivity contribution in [2.24, 2.45) is 4.99 Å². The van der Waals surface area contributed by atoms with Gasteiger partial charge in [-0.15, -0.1) is 16.4 Å². The van der Waals surface area contributed by atoms with Crippen LogP contribution in [0.1, 0.15) is 46.1 Å². The Labute approximate surface area is 171 Å². The highest BCUT2D eigenvalue weighted by Gasteiger charge is 2.20. The number of aliphatic imine (C=N–C) groups is 1. The first-order valence-electron chi connectivity index (χ1n) is 9.08. The normalized spacial score (nSPS) is 12.6. The Hall–Kier alpha value is -3.21. The van der Waals surface area contributed by atoms with Crippen LogP contribution in [0.2, 0.25) is 0 Å². The van der Waals surface area contributed by atoms with E-state index in [0.29, 0.717) is 47.1 Å². The average Bonchev–Trinajstić information content (AvgIpc) is 3.45. The minimum atomic E-state index is -0.346. The second-order valence-corrected chi connectivity index (χ2v) is 7.09. The predicted octanol–water partition coefficient (Wildman–Crippen LogP) is 2.43. The number of furan rings is 1. The number of aromatic nitrogens is 4. The third-order valence-electron chi connectivity index (χ3n) is 3.92. The number of hydrogen-bond acceptors (Lipinski definition) is 8. The van der Waals surface area contributed by atoms with Crippen molar-refractivity contribution in [1.29, 1.82) is 0 Å². The highest BCUT2D eigenvalue weighted by Crippen LogP contribution is 2.24. The Morgan fingerprint density at radius 3 is 2.97 bits per heavy atom. The standard InChI is InChI=1S/C18H23N7O3S/c1-5-27-17(26)14-10(2)21-16(29-14)11(3)22-18(19-4)20-9-13-23-15(25-24-13)12-7-6-8-28-12/h6-8,11H,5,9H2,1-4H3,(H2,19,20,22)(H,23,24,25). The fraction of sp³-hybridized carbons (Fsp3) is 0.389. The highest BCUT2D eigenvalue weighted by molar-refractivity contribution is 7.13. The van der Waals surface area contributed by atoms with E-state index in [9.17, 15) is 4.79 Å². The molecule has 0 fully saturated rings. The summed E-state index contributed by atoms with van der Waals surface area (Å²) >= 11 is 1.31. The maximum atomic E-state index is 12.0. The molecule has 29 heavy (non-hydrogen) atoms. The molecule has 154 valence electrons. The molecule has 10 nitrogen and oxygen atoms in total. The second-order valence-electron chi connectivity index (χ2n) is 6.06. The van der Waals surface area contributed by atoms with Gasteiger partial charge in [-0.25, -0.2) is 14.8 Å². The number of carbonyl (C=O) groups is 1. The van der Waals surface area contributed by atoms with Crippen LogP contribution in [0, 0.1) is 6.92 Å². The summed E-state index contributed by atoms with van der Waals surface area (Å²) in [6.45, 7) is 6.25. The predicted molar refractivity (Wildman–Crippen MR) is 109 cm³/mol. The Kier molecular flexibility index (Phi) is 6.60. The summed E-state index contributed by atoms with van der Waals surface area (Å²) in [6, 6.07) is 3.43. The van der Waals surface area contributed by atoms with Gasteiger partial charge in [0.05, 0.1) is 31.2 Å². The zero-order chi connectivity index (χ0) is 20.8. The van der Waals surface area contributed by atoms with Gasteiger partial charge in [-0.2, -0.15) is 0 Å². The minimum Gasteiger partial charge on any atom is -0.462 e. The first kappa shape index (κ1) is 20.5. The molecule has 0 spiro atoms. The van der Waals surface area contributed by atoms with Crippen LogP contribution in [0.5, 0.6) is 0 Å². The third-order valence-corrected chi connectivity index (χ3v) is 5.24. The van der Waals surface area contributed by atoms with Crippen LogP contribution in [0.4, 0.5) is 0 Å². The van der Waals surface area contributed by atoms with Crippen molar-refractivity contribution in [3.63, 3.8) is 0 Å². The van der Waals surface area contributed by atoms with E-state index < -0.39 is 0 Å². The lowest BCUT2D eigenvalue weighted by Crippen LogP contribution is -2.38. The second kappa shape index (κ2) is 9.32. The van der Waals surface area contributed by atoms with Gasteiger partial charge < -0.3 is 19.8 Å². The number of thiazole rings is 1. The molecule has 0 aliphatic heterocycles. The van der Waals surface area contributed by atoms with E-state index >= 15 is 0 Å². The molecule has 0 aliphatic rings. The van der Waals surface area contributed by atoms with Crippen molar-refractivity contribution < 1.29 is 13.9 Å². The maximum Gasteiger partial charge on any atom is 0.350 e. The fourth-order valence-corrected chi connectivity index (χ4v) is 3.47. The van der Waals surface area contributed by atoms with E-state index in [1.54, 1.807) is 39.3 Å². The molecule has 0 saturated heterocycles. The summed E-state index contributed by atoms with van der Waals surface area (Å²) in [7, 11) is 1.67. The number of ether oxygens (including phenoxy) is 1. The van der Waals surface area contributed by atoms with Crippen LogP contribution in [-0.4, -0.2) is 45.7 Å². The van der Waals surface area contributed by atoms with Crippen molar-refractivity contribution in [1.82, 2.24) is 30.8 Å². The number of nitrogens with zero attached hydrogens (tertiary/aromatic N) is 4. The summed E-state index contributed by atoms with van der Waals surface area (Å²) in [5.41, 5.74) is 0.659. The molecule has 3 aromatic rings. The maximum absolute atomic E-state index is 12.0. The van der Waals surface area contributed by atoms with Crippen molar-refractivity contribution in [3.8, 4) is 11.6 Å². The molecule has 3 rings (SSSR count). The number of nitrogens with one attached hydrogen (secondary N) is 3. The van der Waals surface area contributed by atoms with Crippen LogP contribution in [0.25, 0.3) is 11.6 Å². The van der Waals surface area contributed by atoms with Gasteiger partial charge in [0.2, 0.25) is 5.82 Å². The van der Waals surface area contributed by atoms with Crippen molar-refractivity contribution in [3.05, 3.63) is 39.8 Å². The lowest BCUT2D eigenvalue weighted by Gasteiger charge is -2.15. The molecule has 0 amide bonds. The number of H-pyrrole nitrogens is 1. The summed E-state index contributed by atoms with van der Waals surface area (Å²) in [5, 5.41) is 14.2. The van der Waals surface area contributed by atoms with Gasteiger partial charge in [0.15, 0.2) is 11.7 Å². The lowest BCUT2D eigenvalue weighted by molar-refractivity contribution is 0.0531. The molecule has 0 aliphatic carbocycles. The topological polar surface area (TPSA) is 130 Å². The van der Waals surface area contributed by atoms with E-state index in [2.05, 4.69) is 35.8 Å². The third kappa shape index (κ3) is 4.99. The Bertz CT molecular complexity index is 978. The molecular weight excluding hydrogens is 394 g/mol. The summed E-state index contributed by atoms with van der Waals surface area (Å²) in [6.07, 6.45) is 1.57. The van der Waals surface area contributed by atoms with E-state index in [0.717, 1.165) is 5.01 Å². The van der Waals surface area contributed by atoms with Gasteiger partial charge in [0.25, 0.3) is 0 Å². The van der Waals surface area contributed by atoms with Gasteiger partial charge in [-0.1, -0.05) is 0 Å². The minimum absolute atomic E-state index is 0.151. The van der Waals surface area contributed by atoms with Gasteiger partial charge in [0, 0.05) is 7.05 Å². The lowest BCUT2D eigenvalue weighted by atomic mass is 10.3. The molecular formula is C18H23N7O3S. The molecule has 3 aromatic heterocycles. The number of aromatic amines is 1. The van der Waals surface area contributed by atoms with Gasteiger partial charge >= 0.3 is 5.97 Å². The Morgan fingerprint density at radius 2 is 2.28 bits per heavy atom. The number of carbonyl (C=O) groups excluding carboxylic acids is 1. The van der Waals surface area contributed by atoms with Crippen molar-refractivity contribution >= 4 is 23.3 Å². The first-order chi connectivity index (χ1) is 14.0. The van der Waals surface area contributed by atoms with E-state index in [4.69, 9.17) is 9.15 Å². The Balaban J connectivity index is 1.59. The number of rotatable bonds is 7. The molecule has 0 bridgehead atoms. The zero-order valence-electron chi connectivity index (χ0n) is 16.6. The fourth-order valence-electron chi connectivity index (χ4n) is 2.51. The van der Waals surface area contributed by atoms with Gasteiger partial charge in [-0.3, -0.25) is 10.1 Å². The summed E-state index contributed by atoms with van der Waals surface area (Å²) in [5.74, 6) is 1.95. The molecule has 3 heterocycles. The van der Waals surface area contributed by atoms with Crippen LogP contribution >= 0.6 is 11.3 Å². The molecule has 1 atom stereocenters. The molecule has 0 radical (unpaired) electrons. The van der Waals surface area contributed by atoms with Crippen LogP contribution in [0.3, 0.4) is 0 Å². The summed E-state index contributed by atoms with van der Waals surface area (Å²) < 4.78 is 10.4. The van der Waals surface area contributed by atoms with E-state index in [1.165, 1.54) is 11.3 Å². The smallest absolute Gasteiger partial charge is 0.350 e. The Morgan fingerprint density at radius 1 is 1.45 bits per heavy atom. The molecule has 0 saturated carbocycles. The number of aryl methyl sites for hydroxylation is 1. The average molecular weight is 417 g/mol. The number of hydrogen-bond donors (Lipinski definition) is 3. The highest BCUT2D eigenvalue weighted by atomic mass is 32.1. The molecule has 1 unspecified atom stereocenters. The zero-order valence-corrected chi connectivity index (χ0v) is 17.5. The van der Waals surface area contributed by atoms with E-state index in [1.807, 2.05) is 6.92 Å². The molecule has 3 N–H and O–H groups in total. The number of guanidine groups is 1. The van der Waals surface area contributed by atoms with Crippen molar-refractivity contribution in [2.45, 2.75) is 33.4 Å². The largest absolute Gasteiger partial charge is 0.462 e. The molecule has 0 aromatic carbocycles. The van der Waals surface area contributed by atoms with Gasteiger partial charge in [0.1, 0.15) is 15.7 Å². The van der Waals surface area contributed by atoms with Crippen molar-refractivity contribution in [2.75, 3.05) is 13.7 Å².